The summed E-state index contributed by atoms with van der Waals surface area (Å²) in [7, 11) is 1.38. The zero-order valence-corrected chi connectivity index (χ0v) is 12.4. The van der Waals surface area contributed by atoms with E-state index in [0.717, 1.165) is 29.8 Å². The molecule has 0 fully saturated rings. The highest BCUT2D eigenvalue weighted by Crippen LogP contribution is 2.19. The monoisotopic (exact) mass is 284 g/mol. The predicted molar refractivity (Wildman–Crippen MR) is 83.0 cm³/mol. The summed E-state index contributed by atoms with van der Waals surface area (Å²) < 4.78 is 4.74. The van der Waals surface area contributed by atoms with Gasteiger partial charge in [-0.2, -0.15) is 0 Å². The first-order chi connectivity index (χ1) is 10.1. The minimum Gasteiger partial charge on any atom is -0.465 e. The zero-order chi connectivity index (χ0) is 15.2. The van der Waals surface area contributed by atoms with Crippen molar-refractivity contribution in [3.8, 4) is 11.3 Å². The molecule has 1 heterocycles. The molecule has 1 aromatic heterocycles. The van der Waals surface area contributed by atoms with E-state index in [1.165, 1.54) is 7.11 Å². The molecule has 1 atom stereocenters. The van der Waals surface area contributed by atoms with Crippen LogP contribution in [0.25, 0.3) is 11.3 Å². The van der Waals surface area contributed by atoms with E-state index >= 15 is 0 Å². The maximum Gasteiger partial charge on any atom is 0.337 e. The van der Waals surface area contributed by atoms with Gasteiger partial charge in [0.15, 0.2) is 0 Å². The highest BCUT2D eigenvalue weighted by Gasteiger charge is 2.09. The Hall–Kier alpha value is -2.20. The van der Waals surface area contributed by atoms with Crippen molar-refractivity contribution >= 4 is 5.97 Å². The Morgan fingerprint density at radius 1 is 1.29 bits per heavy atom. The Balaban J connectivity index is 2.29. The van der Waals surface area contributed by atoms with Crippen molar-refractivity contribution in [2.24, 2.45) is 5.73 Å². The number of carbonyl (C=O) groups excluding carboxylic acids is 1. The molecule has 110 valence electrons. The number of hydrogen-bond donors (Lipinski definition) is 1. The minimum atomic E-state index is -0.346. The van der Waals surface area contributed by atoms with E-state index < -0.39 is 0 Å². The highest BCUT2D eigenvalue weighted by molar-refractivity contribution is 5.90. The van der Waals surface area contributed by atoms with Crippen LogP contribution in [-0.4, -0.2) is 24.1 Å². The fourth-order valence-electron chi connectivity index (χ4n) is 2.09. The van der Waals surface area contributed by atoms with Gasteiger partial charge >= 0.3 is 5.97 Å². The molecule has 2 N–H and O–H groups in total. The van der Waals surface area contributed by atoms with Crippen LogP contribution in [0.1, 0.15) is 29.4 Å². The summed E-state index contributed by atoms with van der Waals surface area (Å²) in [4.78, 5) is 16.2. The van der Waals surface area contributed by atoms with Gasteiger partial charge in [-0.15, -0.1) is 0 Å². The lowest BCUT2D eigenvalue weighted by Gasteiger charge is -2.09. The van der Waals surface area contributed by atoms with Crippen molar-refractivity contribution in [1.29, 1.82) is 0 Å². The van der Waals surface area contributed by atoms with Gasteiger partial charge in [-0.25, -0.2) is 4.79 Å². The molecule has 1 unspecified atom stereocenters. The summed E-state index contributed by atoms with van der Waals surface area (Å²) in [5.41, 5.74) is 9.19. The molecule has 0 aliphatic carbocycles. The normalized spacial score (nSPS) is 12.0. The first-order valence-electron chi connectivity index (χ1n) is 7.04. The third-order valence-electron chi connectivity index (χ3n) is 3.38. The fourth-order valence-corrected chi connectivity index (χ4v) is 2.09. The number of esters is 1. The average Bonchev–Trinajstić information content (AvgIpc) is 2.54. The molecule has 0 radical (unpaired) electrons. The molecule has 21 heavy (non-hydrogen) atoms. The van der Waals surface area contributed by atoms with Gasteiger partial charge in [-0.3, -0.25) is 4.98 Å². The third-order valence-corrected chi connectivity index (χ3v) is 3.38. The lowest BCUT2D eigenvalue weighted by atomic mass is 10.1. The molecule has 0 aliphatic rings. The number of rotatable bonds is 5. The molecular formula is C17H20N2O2. The maximum absolute atomic E-state index is 11.6. The molecule has 0 spiro atoms. The van der Waals surface area contributed by atoms with E-state index in [9.17, 15) is 4.79 Å². The summed E-state index contributed by atoms with van der Waals surface area (Å²) in [6, 6.07) is 13.3. The molecule has 4 nitrogen and oxygen atoms in total. The minimum absolute atomic E-state index is 0.120. The van der Waals surface area contributed by atoms with Gasteiger partial charge in [0.2, 0.25) is 0 Å². The number of carbonyl (C=O) groups is 1. The van der Waals surface area contributed by atoms with Gasteiger partial charge in [0.05, 0.1) is 18.4 Å². The molecule has 0 bridgehead atoms. The Labute approximate surface area is 125 Å². The summed E-state index contributed by atoms with van der Waals surface area (Å²) in [5, 5.41) is 0. The second-order valence-corrected chi connectivity index (χ2v) is 4.96. The molecule has 0 amide bonds. The van der Waals surface area contributed by atoms with E-state index in [1.807, 2.05) is 30.3 Å². The molecule has 2 rings (SSSR count). The quantitative estimate of drug-likeness (QED) is 0.857. The summed E-state index contributed by atoms with van der Waals surface area (Å²) in [5.74, 6) is -0.346. The topological polar surface area (TPSA) is 65.2 Å². The Morgan fingerprint density at radius 2 is 2.05 bits per heavy atom. The molecule has 2 aromatic rings. The number of hydrogen-bond acceptors (Lipinski definition) is 4. The van der Waals surface area contributed by atoms with E-state index in [0.29, 0.717) is 5.56 Å². The van der Waals surface area contributed by atoms with Crippen LogP contribution in [-0.2, 0) is 11.2 Å². The van der Waals surface area contributed by atoms with Gasteiger partial charge in [0, 0.05) is 23.7 Å². The van der Waals surface area contributed by atoms with Crippen molar-refractivity contribution < 1.29 is 9.53 Å². The second kappa shape index (κ2) is 6.99. The first-order valence-corrected chi connectivity index (χ1v) is 7.04. The average molecular weight is 284 g/mol. The number of pyridine rings is 1. The van der Waals surface area contributed by atoms with Crippen molar-refractivity contribution in [2.75, 3.05) is 7.11 Å². The number of ether oxygens (including phenoxy) is 1. The van der Waals surface area contributed by atoms with Gasteiger partial charge in [0.1, 0.15) is 0 Å². The third kappa shape index (κ3) is 3.89. The number of methoxy groups -OCH3 is 1. The first kappa shape index (κ1) is 15.2. The molecule has 0 aliphatic heterocycles. The highest BCUT2D eigenvalue weighted by atomic mass is 16.5. The van der Waals surface area contributed by atoms with Crippen LogP contribution in [0.3, 0.4) is 0 Å². The van der Waals surface area contributed by atoms with E-state index in [4.69, 9.17) is 10.5 Å². The lowest BCUT2D eigenvalue weighted by molar-refractivity contribution is 0.0601. The van der Waals surface area contributed by atoms with Crippen molar-refractivity contribution in [1.82, 2.24) is 4.98 Å². The zero-order valence-electron chi connectivity index (χ0n) is 12.4. The van der Waals surface area contributed by atoms with E-state index in [-0.39, 0.29) is 12.0 Å². The fraction of sp³-hybridized carbons (Fsp3) is 0.294. The number of nitrogens with two attached hydrogens (primary N) is 1. The summed E-state index contributed by atoms with van der Waals surface area (Å²) >= 11 is 0. The Kier molecular flexibility index (Phi) is 5.06. The number of nitrogens with zero attached hydrogens (tertiary/aromatic N) is 1. The Morgan fingerprint density at radius 3 is 2.76 bits per heavy atom. The number of aromatic nitrogens is 1. The maximum atomic E-state index is 11.6. The van der Waals surface area contributed by atoms with Crippen LogP contribution >= 0.6 is 0 Å². The van der Waals surface area contributed by atoms with Crippen molar-refractivity contribution in [3.63, 3.8) is 0 Å². The number of benzene rings is 1. The van der Waals surface area contributed by atoms with Crippen LogP contribution < -0.4 is 5.73 Å². The van der Waals surface area contributed by atoms with Crippen molar-refractivity contribution in [2.45, 2.75) is 25.8 Å². The van der Waals surface area contributed by atoms with Crippen LogP contribution in [0.4, 0.5) is 0 Å². The smallest absolute Gasteiger partial charge is 0.337 e. The van der Waals surface area contributed by atoms with Crippen molar-refractivity contribution in [3.05, 3.63) is 53.7 Å². The van der Waals surface area contributed by atoms with Gasteiger partial charge in [-0.1, -0.05) is 25.1 Å². The molecule has 0 saturated heterocycles. The summed E-state index contributed by atoms with van der Waals surface area (Å²) in [6.07, 6.45) is 1.67. The standard InChI is InChI=1S/C17H20N2O2/c1-3-14(18)11-15-8-5-9-16(19-15)12-6-4-7-13(10-12)17(20)21-2/h4-10,14H,3,11,18H2,1-2H3. The second-order valence-electron chi connectivity index (χ2n) is 4.96. The van der Waals surface area contributed by atoms with Gasteiger partial charge in [-0.05, 0) is 30.7 Å². The van der Waals surface area contributed by atoms with Crippen LogP contribution in [0, 0.1) is 0 Å². The van der Waals surface area contributed by atoms with Crippen LogP contribution in [0.15, 0.2) is 42.5 Å². The SMILES string of the molecule is CCC(N)Cc1cccc(-c2cccc(C(=O)OC)c2)n1. The van der Waals surface area contributed by atoms with E-state index in [2.05, 4.69) is 11.9 Å². The lowest BCUT2D eigenvalue weighted by Crippen LogP contribution is -2.21. The summed E-state index contributed by atoms with van der Waals surface area (Å²) in [6.45, 7) is 2.06. The molecule has 4 heteroatoms. The molecule has 0 saturated carbocycles. The Bertz CT molecular complexity index is 626. The van der Waals surface area contributed by atoms with Gasteiger partial charge < -0.3 is 10.5 Å². The largest absolute Gasteiger partial charge is 0.465 e. The predicted octanol–water partition coefficient (Wildman–Crippen LogP) is 2.82. The van der Waals surface area contributed by atoms with Crippen LogP contribution in [0.2, 0.25) is 0 Å². The van der Waals surface area contributed by atoms with E-state index in [1.54, 1.807) is 12.1 Å². The molecular weight excluding hydrogens is 264 g/mol. The van der Waals surface area contributed by atoms with Gasteiger partial charge in [0.25, 0.3) is 0 Å². The van der Waals surface area contributed by atoms with Crippen LogP contribution in [0.5, 0.6) is 0 Å². The molecule has 1 aromatic carbocycles.